The minimum Gasteiger partial charge on any atom is -0.0654 e. The third kappa shape index (κ3) is 8.29. The Morgan fingerprint density at radius 2 is 0.767 bits per heavy atom. The molecule has 0 saturated heterocycles. The molecular weight excluding hydrogens is 360 g/mol. The summed E-state index contributed by atoms with van der Waals surface area (Å²) in [5.74, 6) is 0. The lowest BCUT2D eigenvalue weighted by molar-refractivity contribution is 0.393. The van der Waals surface area contributed by atoms with Crippen LogP contribution in [-0.2, 0) is 5.41 Å². The van der Waals surface area contributed by atoms with Crippen LogP contribution in [0.2, 0.25) is 0 Å². The van der Waals surface area contributed by atoms with Crippen LogP contribution >= 0.6 is 0 Å². The summed E-state index contributed by atoms with van der Waals surface area (Å²) in [6, 6.07) is 22.7. The van der Waals surface area contributed by atoms with Crippen LogP contribution in [-0.4, -0.2) is 0 Å². The second-order valence-corrected chi connectivity index (χ2v) is 9.20. The van der Waals surface area contributed by atoms with Gasteiger partial charge in [-0.15, -0.1) is 0 Å². The van der Waals surface area contributed by atoms with Crippen LogP contribution < -0.4 is 0 Å². The molecule has 2 rings (SSSR count). The molecule has 0 saturated carbocycles. The van der Waals surface area contributed by atoms with Gasteiger partial charge in [0.2, 0.25) is 0 Å². The Morgan fingerprint density at radius 1 is 0.433 bits per heavy atom. The molecule has 0 amide bonds. The Morgan fingerprint density at radius 3 is 1.20 bits per heavy atom. The second-order valence-electron chi connectivity index (χ2n) is 9.20. The Labute approximate surface area is 187 Å². The molecule has 166 valence electrons. The van der Waals surface area contributed by atoms with E-state index in [0.717, 1.165) is 0 Å². The molecular formula is C30H46. The standard InChI is InChI=1S/C30H46/c1-3-5-7-8-9-10-11-12-13-21-27-30(26-20-6-4-2,28-22-16-14-17-23-28)29-24-18-15-19-25-29/h14-19,22-25H,3-13,20-21,26-27H2,1-2H3. The van der Waals surface area contributed by atoms with E-state index >= 15 is 0 Å². The van der Waals surface area contributed by atoms with Crippen LogP contribution in [0.15, 0.2) is 60.7 Å². The minimum absolute atomic E-state index is 0.178. The van der Waals surface area contributed by atoms with Crippen molar-refractivity contribution >= 4 is 0 Å². The maximum atomic E-state index is 2.37. The van der Waals surface area contributed by atoms with E-state index < -0.39 is 0 Å². The molecule has 0 aromatic heterocycles. The molecule has 0 aliphatic heterocycles. The highest BCUT2D eigenvalue weighted by Gasteiger charge is 2.32. The normalized spacial score (nSPS) is 11.7. The third-order valence-electron chi connectivity index (χ3n) is 6.82. The van der Waals surface area contributed by atoms with Gasteiger partial charge in [-0.05, 0) is 24.0 Å². The highest BCUT2D eigenvalue weighted by atomic mass is 14.4. The topological polar surface area (TPSA) is 0 Å². The van der Waals surface area contributed by atoms with Crippen LogP contribution in [0, 0.1) is 0 Å². The summed E-state index contributed by atoms with van der Waals surface area (Å²) < 4.78 is 0. The monoisotopic (exact) mass is 406 g/mol. The SMILES string of the molecule is CCCCCCCCCCCCC(CCCCC)(c1ccccc1)c1ccccc1. The summed E-state index contributed by atoms with van der Waals surface area (Å²) in [5, 5.41) is 0. The largest absolute Gasteiger partial charge is 0.0654 e. The predicted molar refractivity (Wildman–Crippen MR) is 134 cm³/mol. The minimum atomic E-state index is 0.178. The summed E-state index contributed by atoms with van der Waals surface area (Å²) in [5.41, 5.74) is 3.21. The lowest BCUT2D eigenvalue weighted by atomic mass is 9.68. The zero-order valence-electron chi connectivity index (χ0n) is 19.9. The van der Waals surface area contributed by atoms with Crippen molar-refractivity contribution in [3.63, 3.8) is 0 Å². The summed E-state index contributed by atoms with van der Waals surface area (Å²) in [4.78, 5) is 0. The van der Waals surface area contributed by atoms with E-state index in [0.29, 0.717) is 0 Å². The molecule has 2 aromatic carbocycles. The van der Waals surface area contributed by atoms with Gasteiger partial charge in [0.1, 0.15) is 0 Å². The molecule has 0 N–H and O–H groups in total. The van der Waals surface area contributed by atoms with Gasteiger partial charge in [0.15, 0.2) is 0 Å². The Balaban J connectivity index is 1.96. The molecule has 0 heteroatoms. The first-order chi connectivity index (χ1) is 14.8. The maximum Gasteiger partial charge on any atom is 0.0202 e. The maximum absolute atomic E-state index is 2.37. The van der Waals surface area contributed by atoms with Crippen molar-refractivity contribution in [2.75, 3.05) is 0 Å². The Bertz CT molecular complexity index is 588. The predicted octanol–water partition coefficient (Wildman–Crippen LogP) is 9.86. The van der Waals surface area contributed by atoms with E-state index in [9.17, 15) is 0 Å². The molecule has 2 aromatic rings. The molecule has 0 heterocycles. The van der Waals surface area contributed by atoms with Gasteiger partial charge in [0, 0.05) is 5.41 Å². The smallest absolute Gasteiger partial charge is 0.0202 e. The lowest BCUT2D eigenvalue weighted by Crippen LogP contribution is -2.28. The first kappa shape index (κ1) is 24.7. The van der Waals surface area contributed by atoms with E-state index in [2.05, 4.69) is 74.5 Å². The summed E-state index contributed by atoms with van der Waals surface area (Å²) in [7, 11) is 0. The van der Waals surface area contributed by atoms with Crippen molar-refractivity contribution in [1.29, 1.82) is 0 Å². The zero-order chi connectivity index (χ0) is 21.3. The molecule has 0 aliphatic rings. The average molecular weight is 407 g/mol. The number of hydrogen-bond acceptors (Lipinski definition) is 0. The highest BCUT2D eigenvalue weighted by Crippen LogP contribution is 2.42. The molecule has 0 fully saturated rings. The van der Waals surface area contributed by atoms with Crippen molar-refractivity contribution in [2.24, 2.45) is 0 Å². The zero-order valence-corrected chi connectivity index (χ0v) is 19.9. The van der Waals surface area contributed by atoms with Gasteiger partial charge in [0.05, 0.1) is 0 Å². The van der Waals surface area contributed by atoms with Gasteiger partial charge >= 0.3 is 0 Å². The van der Waals surface area contributed by atoms with Crippen molar-refractivity contribution in [3.8, 4) is 0 Å². The van der Waals surface area contributed by atoms with Gasteiger partial charge in [0.25, 0.3) is 0 Å². The summed E-state index contributed by atoms with van der Waals surface area (Å²) in [6.07, 6.45) is 20.5. The van der Waals surface area contributed by atoms with Gasteiger partial charge in [-0.3, -0.25) is 0 Å². The molecule has 0 radical (unpaired) electrons. The Hall–Kier alpha value is -1.56. The van der Waals surface area contributed by atoms with Crippen molar-refractivity contribution in [3.05, 3.63) is 71.8 Å². The lowest BCUT2D eigenvalue weighted by Gasteiger charge is -2.36. The van der Waals surface area contributed by atoms with E-state index in [1.165, 1.54) is 107 Å². The summed E-state index contributed by atoms with van der Waals surface area (Å²) >= 11 is 0. The van der Waals surface area contributed by atoms with E-state index in [-0.39, 0.29) is 5.41 Å². The van der Waals surface area contributed by atoms with Crippen LogP contribution in [0.25, 0.3) is 0 Å². The quantitative estimate of drug-likeness (QED) is 0.229. The molecule has 0 nitrogen and oxygen atoms in total. The first-order valence-electron chi connectivity index (χ1n) is 12.9. The molecule has 30 heavy (non-hydrogen) atoms. The summed E-state index contributed by atoms with van der Waals surface area (Å²) in [6.45, 7) is 4.61. The Kier molecular flexibility index (Phi) is 12.6. The molecule has 0 bridgehead atoms. The van der Waals surface area contributed by atoms with Crippen molar-refractivity contribution in [1.82, 2.24) is 0 Å². The van der Waals surface area contributed by atoms with Gasteiger partial charge in [-0.25, -0.2) is 0 Å². The molecule has 0 aliphatic carbocycles. The van der Waals surface area contributed by atoms with E-state index in [1.54, 1.807) is 0 Å². The van der Waals surface area contributed by atoms with Crippen LogP contribution in [0.3, 0.4) is 0 Å². The number of unbranched alkanes of at least 4 members (excludes halogenated alkanes) is 11. The van der Waals surface area contributed by atoms with Crippen LogP contribution in [0.4, 0.5) is 0 Å². The van der Waals surface area contributed by atoms with Gasteiger partial charge in [-0.1, -0.05) is 158 Å². The van der Waals surface area contributed by atoms with Gasteiger partial charge < -0.3 is 0 Å². The second kappa shape index (κ2) is 15.3. The molecule has 0 unspecified atom stereocenters. The highest BCUT2D eigenvalue weighted by molar-refractivity contribution is 5.39. The van der Waals surface area contributed by atoms with Crippen LogP contribution in [0.1, 0.15) is 121 Å². The first-order valence-corrected chi connectivity index (χ1v) is 12.9. The van der Waals surface area contributed by atoms with Crippen molar-refractivity contribution < 1.29 is 0 Å². The van der Waals surface area contributed by atoms with E-state index in [4.69, 9.17) is 0 Å². The fraction of sp³-hybridized carbons (Fsp3) is 0.600. The number of hydrogen-bond donors (Lipinski definition) is 0. The fourth-order valence-corrected chi connectivity index (χ4v) is 4.97. The number of benzene rings is 2. The third-order valence-corrected chi connectivity index (χ3v) is 6.82. The average Bonchev–Trinajstić information content (AvgIpc) is 2.80. The molecule has 0 spiro atoms. The van der Waals surface area contributed by atoms with Gasteiger partial charge in [-0.2, -0.15) is 0 Å². The molecule has 0 atom stereocenters. The van der Waals surface area contributed by atoms with Crippen molar-refractivity contribution in [2.45, 2.75) is 116 Å². The fourth-order valence-electron chi connectivity index (χ4n) is 4.97. The van der Waals surface area contributed by atoms with E-state index in [1.807, 2.05) is 0 Å². The van der Waals surface area contributed by atoms with Crippen LogP contribution in [0.5, 0.6) is 0 Å². The number of rotatable bonds is 17.